The zero-order valence-corrected chi connectivity index (χ0v) is 23.6. The van der Waals surface area contributed by atoms with Crippen LogP contribution in [0.4, 0.5) is 11.4 Å². The van der Waals surface area contributed by atoms with Crippen molar-refractivity contribution in [2.45, 2.75) is 30.8 Å². The molecule has 40 heavy (non-hydrogen) atoms. The monoisotopic (exact) mass is 580 g/mol. The van der Waals surface area contributed by atoms with Crippen LogP contribution in [-0.2, 0) is 27.1 Å². The lowest BCUT2D eigenvalue weighted by Gasteiger charge is -2.33. The van der Waals surface area contributed by atoms with Crippen molar-refractivity contribution in [2.24, 2.45) is 0 Å². The van der Waals surface area contributed by atoms with Crippen LogP contribution in [0.15, 0.2) is 89.8 Å². The van der Waals surface area contributed by atoms with E-state index in [9.17, 15) is 24.0 Å². The van der Waals surface area contributed by atoms with E-state index in [1.165, 1.54) is 11.4 Å². The third-order valence-corrected chi connectivity index (χ3v) is 8.08. The minimum atomic E-state index is -1.84. The quantitative estimate of drug-likeness (QED) is 0.212. The fraction of sp³-hybridized carbons (Fsp3) is 0.200. The van der Waals surface area contributed by atoms with Crippen LogP contribution in [0.1, 0.15) is 18.9 Å². The second-order valence-electron chi connectivity index (χ2n) is 9.21. The van der Waals surface area contributed by atoms with Crippen molar-refractivity contribution < 1.29 is 28.7 Å². The molecule has 4 aromatic rings. The number of benzene rings is 4. The van der Waals surface area contributed by atoms with Gasteiger partial charge >= 0.3 is 11.9 Å². The van der Waals surface area contributed by atoms with Crippen molar-refractivity contribution in [3.63, 3.8) is 0 Å². The van der Waals surface area contributed by atoms with Gasteiger partial charge in [0.25, 0.3) is 0 Å². The average Bonchev–Trinajstić information content (AvgIpc) is 2.93. The molecule has 0 heterocycles. The van der Waals surface area contributed by atoms with Crippen molar-refractivity contribution in [1.29, 1.82) is 0 Å². The van der Waals surface area contributed by atoms with Gasteiger partial charge in [-0.3, -0.25) is 13.9 Å². The van der Waals surface area contributed by atoms with Crippen LogP contribution < -0.4 is 13.9 Å². The Bertz CT molecular complexity index is 1550. The number of methoxy groups -OCH3 is 1. The smallest absolute Gasteiger partial charge is 0.324 e. The van der Waals surface area contributed by atoms with Crippen LogP contribution in [0.25, 0.3) is 10.8 Å². The molecule has 0 radical (unpaired) electrons. The van der Waals surface area contributed by atoms with Gasteiger partial charge in [-0.05, 0) is 61.0 Å². The third kappa shape index (κ3) is 6.73. The Labute approximate surface area is 240 Å². The molecule has 0 aliphatic heterocycles. The van der Waals surface area contributed by atoms with Gasteiger partial charge in [0.05, 0.1) is 24.1 Å². The van der Waals surface area contributed by atoms with E-state index in [1.54, 1.807) is 36.4 Å². The molecule has 208 valence electrons. The first-order valence-electron chi connectivity index (χ1n) is 12.5. The molecule has 0 bridgehead atoms. The predicted octanol–water partition coefficient (Wildman–Crippen LogP) is 5.99. The highest BCUT2D eigenvalue weighted by Crippen LogP contribution is 2.37. The van der Waals surface area contributed by atoms with E-state index < -0.39 is 29.5 Å². The van der Waals surface area contributed by atoms with Crippen LogP contribution in [0.2, 0.25) is 5.02 Å². The molecule has 0 aliphatic rings. The number of anilines is 2. The number of hydrogen-bond acceptors (Lipinski definition) is 5. The Morgan fingerprint density at radius 1 is 0.900 bits per heavy atom. The van der Waals surface area contributed by atoms with E-state index in [4.69, 9.17) is 16.3 Å². The second kappa shape index (κ2) is 12.8. The van der Waals surface area contributed by atoms with E-state index in [0.717, 1.165) is 16.6 Å². The van der Waals surface area contributed by atoms with Gasteiger partial charge in [-0.2, -0.15) is 0 Å². The highest BCUT2D eigenvalue weighted by molar-refractivity contribution is 7.86. The molecule has 1 unspecified atom stereocenters. The average molecular weight is 581 g/mol. The fourth-order valence-corrected chi connectivity index (χ4v) is 5.99. The molecule has 0 saturated heterocycles. The second-order valence-corrected chi connectivity index (χ2v) is 11.1. The summed E-state index contributed by atoms with van der Waals surface area (Å²) in [4.78, 5) is 26.0. The number of aliphatic carboxylic acids is 2. The van der Waals surface area contributed by atoms with Crippen molar-refractivity contribution in [1.82, 2.24) is 0 Å². The Hall–Kier alpha value is -4.08. The molecule has 2 atom stereocenters. The number of nitrogens with zero attached hydrogens (tertiary/aromatic N) is 2. The lowest BCUT2D eigenvalue weighted by molar-refractivity contribution is -0.137. The summed E-state index contributed by atoms with van der Waals surface area (Å²) < 4.78 is 20.2. The number of halogens is 1. The number of carboxylic acids is 2. The van der Waals surface area contributed by atoms with E-state index in [1.807, 2.05) is 60.4 Å². The number of ether oxygens (including phenoxy) is 1. The maximum Gasteiger partial charge on any atom is 0.324 e. The van der Waals surface area contributed by atoms with Gasteiger partial charge in [0.2, 0.25) is 0 Å². The van der Waals surface area contributed by atoms with Crippen LogP contribution in [0.3, 0.4) is 0 Å². The van der Waals surface area contributed by atoms with E-state index in [0.29, 0.717) is 33.3 Å². The van der Waals surface area contributed by atoms with Gasteiger partial charge in [0, 0.05) is 34.1 Å². The normalized spacial score (nSPS) is 12.5. The van der Waals surface area contributed by atoms with Gasteiger partial charge in [-0.25, -0.2) is 4.21 Å². The molecule has 10 heteroatoms. The van der Waals surface area contributed by atoms with E-state index in [-0.39, 0.29) is 12.5 Å². The van der Waals surface area contributed by atoms with Crippen molar-refractivity contribution in [2.75, 3.05) is 22.9 Å². The molecule has 0 saturated carbocycles. The molecule has 4 rings (SSSR count). The summed E-state index contributed by atoms with van der Waals surface area (Å²) in [5, 5.41) is 21.3. The Kier molecular flexibility index (Phi) is 9.29. The first-order valence-corrected chi connectivity index (χ1v) is 14.0. The van der Waals surface area contributed by atoms with Crippen LogP contribution >= 0.6 is 11.6 Å². The lowest BCUT2D eigenvalue weighted by atomic mass is 10.0. The minimum Gasteiger partial charge on any atom is -0.497 e. The number of rotatable bonds is 12. The summed E-state index contributed by atoms with van der Waals surface area (Å²) in [6, 6.07) is 24.6. The standard InChI is InChI=1S/C30H29ClN2O6S/c1-20(16-29(34)35)32(18-21-6-5-7-22(31)17-21)27-14-15-28(26-9-4-3-8-25(26)27)33(19-30(36)37)40(38)24-12-10-23(39-2)11-13-24/h3-15,17,20H,16,18-19H2,1-2H3,(H,34,35)(H,36,37)/t20-,40?/m0/s1. The molecule has 2 N–H and O–H groups in total. The molecular formula is C30H29ClN2O6S. The maximum atomic E-state index is 13.7. The largest absolute Gasteiger partial charge is 0.497 e. The van der Waals surface area contributed by atoms with Crippen LogP contribution in [0, 0.1) is 0 Å². The van der Waals surface area contributed by atoms with E-state index >= 15 is 0 Å². The SMILES string of the molecule is COc1ccc(S(=O)N(CC(=O)O)c2ccc(N(Cc3cccc(Cl)c3)[C@@H](C)CC(=O)O)c3ccccc23)cc1. The van der Waals surface area contributed by atoms with Crippen molar-refractivity contribution >= 4 is 56.7 Å². The molecule has 0 aromatic heterocycles. The predicted molar refractivity (Wildman–Crippen MR) is 158 cm³/mol. The highest BCUT2D eigenvalue weighted by atomic mass is 35.5. The summed E-state index contributed by atoms with van der Waals surface area (Å²) in [6.45, 7) is 1.75. The number of carboxylic acid groups (broad SMARTS) is 2. The molecule has 8 nitrogen and oxygen atoms in total. The number of carbonyl (C=O) groups is 2. The number of fused-ring (bicyclic) bond motifs is 1. The molecule has 0 aliphatic carbocycles. The van der Waals surface area contributed by atoms with Gasteiger partial charge in [0.15, 0.2) is 11.0 Å². The molecule has 0 spiro atoms. The number of hydrogen-bond donors (Lipinski definition) is 2. The van der Waals surface area contributed by atoms with Gasteiger partial charge in [0.1, 0.15) is 12.3 Å². The minimum absolute atomic E-state index is 0.0940. The fourth-order valence-electron chi connectivity index (χ4n) is 4.58. The molecule has 4 aromatic carbocycles. The van der Waals surface area contributed by atoms with Crippen molar-refractivity contribution in [3.8, 4) is 5.75 Å². The zero-order valence-electron chi connectivity index (χ0n) is 22.0. The van der Waals surface area contributed by atoms with Crippen molar-refractivity contribution in [3.05, 3.63) is 95.5 Å². The Balaban J connectivity index is 1.83. The van der Waals surface area contributed by atoms with Gasteiger partial charge < -0.3 is 19.8 Å². The summed E-state index contributed by atoms with van der Waals surface area (Å²) in [7, 11) is -0.305. The third-order valence-electron chi connectivity index (χ3n) is 6.44. The molecule has 0 amide bonds. The maximum absolute atomic E-state index is 13.7. The summed E-state index contributed by atoms with van der Waals surface area (Å²) >= 11 is 6.23. The Morgan fingerprint density at radius 2 is 1.55 bits per heavy atom. The first kappa shape index (κ1) is 28.9. The summed E-state index contributed by atoms with van der Waals surface area (Å²) in [5.41, 5.74) is 2.15. The molecular weight excluding hydrogens is 552 g/mol. The van der Waals surface area contributed by atoms with Gasteiger partial charge in [-0.1, -0.05) is 48.0 Å². The van der Waals surface area contributed by atoms with Gasteiger partial charge in [-0.15, -0.1) is 0 Å². The summed E-state index contributed by atoms with van der Waals surface area (Å²) in [6.07, 6.45) is -0.0940. The zero-order chi connectivity index (χ0) is 28.8. The highest BCUT2D eigenvalue weighted by Gasteiger charge is 2.25. The van der Waals surface area contributed by atoms with E-state index in [2.05, 4.69) is 0 Å². The van der Waals surface area contributed by atoms with Crippen LogP contribution in [-0.4, -0.2) is 46.1 Å². The van der Waals surface area contributed by atoms with Crippen LogP contribution in [0.5, 0.6) is 5.75 Å². The molecule has 0 fully saturated rings. The summed E-state index contributed by atoms with van der Waals surface area (Å²) in [5.74, 6) is -1.46. The topological polar surface area (TPSA) is 107 Å². The Morgan fingerprint density at radius 3 is 2.15 bits per heavy atom. The lowest BCUT2D eigenvalue weighted by Crippen LogP contribution is -2.35. The first-order chi connectivity index (χ1) is 19.2.